The zero-order valence-electron chi connectivity index (χ0n) is 14.1. The van der Waals surface area contributed by atoms with Crippen LogP contribution in [0.4, 0.5) is 0 Å². The summed E-state index contributed by atoms with van der Waals surface area (Å²) in [5.74, 6) is 1.45. The molecule has 0 aromatic rings. The number of hydrogen-bond donors (Lipinski definition) is 0. The molecule has 1 aliphatic carbocycles. The standard InChI is InChI=1S/C17H33NO3/c1-4-6-15-7-8-17(19)16(13-15)14-18(10-12-21-3)9-5-11-20-2/h15-16H,4-14H2,1-3H3. The summed E-state index contributed by atoms with van der Waals surface area (Å²) in [6.45, 7) is 6.53. The van der Waals surface area contributed by atoms with Gasteiger partial charge in [-0.3, -0.25) is 4.79 Å². The SMILES string of the molecule is CCCC1CCC(=O)C(CN(CCCOC)CCOC)C1. The van der Waals surface area contributed by atoms with E-state index in [9.17, 15) is 4.79 Å². The van der Waals surface area contributed by atoms with E-state index in [0.717, 1.165) is 64.4 Å². The lowest BCUT2D eigenvalue weighted by Gasteiger charge is -2.32. The molecule has 0 aliphatic heterocycles. The van der Waals surface area contributed by atoms with Gasteiger partial charge in [0.25, 0.3) is 0 Å². The van der Waals surface area contributed by atoms with Crippen LogP contribution >= 0.6 is 0 Å². The highest BCUT2D eigenvalue weighted by Gasteiger charge is 2.29. The first-order valence-electron chi connectivity index (χ1n) is 8.44. The molecule has 1 fully saturated rings. The smallest absolute Gasteiger partial charge is 0.137 e. The molecule has 2 unspecified atom stereocenters. The summed E-state index contributed by atoms with van der Waals surface area (Å²) in [6, 6.07) is 0. The normalized spacial score (nSPS) is 23.0. The first-order valence-corrected chi connectivity index (χ1v) is 8.44. The minimum Gasteiger partial charge on any atom is -0.385 e. The number of Topliss-reactive ketones (excluding diaryl/α,β-unsaturated/α-hetero) is 1. The third-order valence-corrected chi connectivity index (χ3v) is 4.48. The van der Waals surface area contributed by atoms with Crippen molar-refractivity contribution in [2.24, 2.45) is 11.8 Å². The fraction of sp³-hybridized carbons (Fsp3) is 0.941. The molecule has 1 saturated carbocycles. The maximum atomic E-state index is 12.2. The second kappa shape index (κ2) is 11.2. The van der Waals surface area contributed by atoms with Crippen molar-refractivity contribution in [3.63, 3.8) is 0 Å². The minimum absolute atomic E-state index is 0.231. The number of carbonyl (C=O) groups excluding carboxylic acids is 1. The number of carbonyl (C=O) groups is 1. The van der Waals surface area contributed by atoms with Crippen LogP contribution in [0, 0.1) is 11.8 Å². The molecule has 0 aromatic heterocycles. The molecular weight excluding hydrogens is 266 g/mol. The Labute approximate surface area is 130 Å². The Bertz CT molecular complexity index is 283. The van der Waals surface area contributed by atoms with Crippen LogP contribution in [0.15, 0.2) is 0 Å². The molecule has 4 heteroatoms. The van der Waals surface area contributed by atoms with Crippen molar-refractivity contribution < 1.29 is 14.3 Å². The van der Waals surface area contributed by atoms with Gasteiger partial charge in [0.05, 0.1) is 6.61 Å². The van der Waals surface area contributed by atoms with Crippen molar-refractivity contribution in [2.75, 3.05) is 47.1 Å². The van der Waals surface area contributed by atoms with Gasteiger partial charge >= 0.3 is 0 Å². The maximum Gasteiger partial charge on any atom is 0.137 e. The van der Waals surface area contributed by atoms with E-state index in [4.69, 9.17) is 9.47 Å². The predicted molar refractivity (Wildman–Crippen MR) is 85.6 cm³/mol. The molecule has 0 bridgehead atoms. The molecular formula is C17H33NO3. The highest BCUT2D eigenvalue weighted by atomic mass is 16.5. The second-order valence-electron chi connectivity index (χ2n) is 6.23. The Kier molecular flexibility index (Phi) is 9.89. The van der Waals surface area contributed by atoms with Crippen LogP contribution in [0.25, 0.3) is 0 Å². The van der Waals surface area contributed by atoms with Crippen molar-refractivity contribution in [1.29, 1.82) is 0 Å². The van der Waals surface area contributed by atoms with Gasteiger partial charge in [-0.15, -0.1) is 0 Å². The van der Waals surface area contributed by atoms with Crippen LogP contribution in [0.3, 0.4) is 0 Å². The lowest BCUT2D eigenvalue weighted by atomic mass is 9.78. The van der Waals surface area contributed by atoms with E-state index in [1.54, 1.807) is 14.2 Å². The summed E-state index contributed by atoms with van der Waals surface area (Å²) in [6.07, 6.45) is 6.48. The third kappa shape index (κ3) is 7.39. The summed E-state index contributed by atoms with van der Waals surface area (Å²) < 4.78 is 10.3. The van der Waals surface area contributed by atoms with Crippen LogP contribution in [0.5, 0.6) is 0 Å². The summed E-state index contributed by atoms with van der Waals surface area (Å²) in [5.41, 5.74) is 0. The van der Waals surface area contributed by atoms with Crippen LogP contribution in [-0.2, 0) is 14.3 Å². The Morgan fingerprint density at radius 2 is 1.95 bits per heavy atom. The Morgan fingerprint density at radius 1 is 1.19 bits per heavy atom. The largest absolute Gasteiger partial charge is 0.385 e. The molecule has 1 rings (SSSR count). The van der Waals surface area contributed by atoms with E-state index in [1.165, 1.54) is 12.8 Å². The van der Waals surface area contributed by atoms with Gasteiger partial charge in [-0.05, 0) is 25.2 Å². The van der Waals surface area contributed by atoms with Crippen molar-refractivity contribution in [1.82, 2.24) is 4.90 Å². The van der Waals surface area contributed by atoms with E-state index in [2.05, 4.69) is 11.8 Å². The topological polar surface area (TPSA) is 38.8 Å². The Hall–Kier alpha value is -0.450. The lowest BCUT2D eigenvalue weighted by Crippen LogP contribution is -2.39. The first-order chi connectivity index (χ1) is 10.2. The zero-order chi connectivity index (χ0) is 15.5. The number of hydrogen-bond acceptors (Lipinski definition) is 4. The fourth-order valence-electron chi connectivity index (χ4n) is 3.31. The summed E-state index contributed by atoms with van der Waals surface area (Å²) in [4.78, 5) is 14.6. The molecule has 0 spiro atoms. The Morgan fingerprint density at radius 3 is 2.62 bits per heavy atom. The molecule has 1 aliphatic rings. The predicted octanol–water partition coefficient (Wildman–Crippen LogP) is 2.76. The third-order valence-electron chi connectivity index (χ3n) is 4.48. The maximum absolute atomic E-state index is 12.2. The highest BCUT2D eigenvalue weighted by Crippen LogP contribution is 2.30. The van der Waals surface area contributed by atoms with Gasteiger partial charge in [-0.25, -0.2) is 0 Å². The van der Waals surface area contributed by atoms with E-state index < -0.39 is 0 Å². The monoisotopic (exact) mass is 299 g/mol. The van der Waals surface area contributed by atoms with Crippen molar-refractivity contribution in [3.05, 3.63) is 0 Å². The molecule has 4 nitrogen and oxygen atoms in total. The molecule has 0 aromatic carbocycles. The summed E-state index contributed by atoms with van der Waals surface area (Å²) >= 11 is 0. The average Bonchev–Trinajstić information content (AvgIpc) is 2.48. The molecule has 0 heterocycles. The van der Waals surface area contributed by atoms with Gasteiger partial charge in [-0.1, -0.05) is 19.8 Å². The first kappa shape index (κ1) is 18.6. The van der Waals surface area contributed by atoms with Crippen molar-refractivity contribution >= 4 is 5.78 Å². The number of methoxy groups -OCH3 is 2. The molecule has 0 amide bonds. The molecule has 0 N–H and O–H groups in total. The van der Waals surface area contributed by atoms with E-state index in [-0.39, 0.29) is 5.92 Å². The fourth-order valence-corrected chi connectivity index (χ4v) is 3.31. The Balaban J connectivity index is 2.46. The molecule has 124 valence electrons. The second-order valence-corrected chi connectivity index (χ2v) is 6.23. The highest BCUT2D eigenvalue weighted by molar-refractivity contribution is 5.81. The molecule has 0 saturated heterocycles. The van der Waals surface area contributed by atoms with Crippen LogP contribution in [0.2, 0.25) is 0 Å². The van der Waals surface area contributed by atoms with Crippen molar-refractivity contribution in [2.45, 2.75) is 45.4 Å². The van der Waals surface area contributed by atoms with E-state index >= 15 is 0 Å². The number of ether oxygens (including phenoxy) is 2. The molecule has 0 radical (unpaired) electrons. The number of ketones is 1. The van der Waals surface area contributed by atoms with Gasteiger partial charge in [0.15, 0.2) is 0 Å². The van der Waals surface area contributed by atoms with Crippen molar-refractivity contribution in [3.8, 4) is 0 Å². The van der Waals surface area contributed by atoms with Gasteiger partial charge < -0.3 is 14.4 Å². The number of rotatable bonds is 11. The zero-order valence-corrected chi connectivity index (χ0v) is 14.1. The average molecular weight is 299 g/mol. The quantitative estimate of drug-likeness (QED) is 0.550. The summed E-state index contributed by atoms with van der Waals surface area (Å²) in [5, 5.41) is 0. The van der Waals surface area contributed by atoms with Crippen LogP contribution in [0.1, 0.15) is 45.4 Å². The summed E-state index contributed by atoms with van der Waals surface area (Å²) in [7, 11) is 3.47. The van der Waals surface area contributed by atoms with Gasteiger partial charge in [-0.2, -0.15) is 0 Å². The molecule has 21 heavy (non-hydrogen) atoms. The van der Waals surface area contributed by atoms with Crippen LogP contribution in [-0.4, -0.2) is 57.8 Å². The van der Waals surface area contributed by atoms with Crippen LogP contribution < -0.4 is 0 Å². The lowest BCUT2D eigenvalue weighted by molar-refractivity contribution is -0.126. The minimum atomic E-state index is 0.231. The van der Waals surface area contributed by atoms with Gasteiger partial charge in [0.1, 0.15) is 5.78 Å². The number of nitrogens with zero attached hydrogens (tertiary/aromatic N) is 1. The van der Waals surface area contributed by atoms with Gasteiger partial charge in [0, 0.05) is 52.8 Å². The van der Waals surface area contributed by atoms with E-state index in [1.807, 2.05) is 0 Å². The van der Waals surface area contributed by atoms with Gasteiger partial charge in [0.2, 0.25) is 0 Å². The van der Waals surface area contributed by atoms with E-state index in [0.29, 0.717) is 5.78 Å². The molecule has 2 atom stereocenters.